The molecule has 0 saturated carbocycles. The first-order valence-corrected chi connectivity index (χ1v) is 6.64. The molecule has 0 heterocycles. The monoisotopic (exact) mass is 428 g/mol. The summed E-state index contributed by atoms with van der Waals surface area (Å²) in [6.07, 6.45) is -7.41. The van der Waals surface area contributed by atoms with Crippen LogP contribution in [0.4, 0.5) is 57.1 Å². The molecular weight excluding hydrogens is 422 g/mol. The van der Waals surface area contributed by atoms with Crippen molar-refractivity contribution in [2.24, 2.45) is 0 Å². The van der Waals surface area contributed by atoms with Crippen molar-refractivity contribution < 1.29 is 57.1 Å². The van der Waals surface area contributed by atoms with Gasteiger partial charge in [-0.1, -0.05) is 24.3 Å². The fraction of sp³-hybridized carbons (Fsp3) is 0.500. The van der Waals surface area contributed by atoms with Crippen molar-refractivity contribution in [2.45, 2.75) is 35.8 Å². The third-order valence-electron chi connectivity index (χ3n) is 3.21. The summed E-state index contributed by atoms with van der Waals surface area (Å²) in [4.78, 5) is 0. The SMILES string of the molecule is FC(F)(F)C(F)(F)C(F)(F)C(F)(F)C(F)(F)C(F)(F)c1ccc(P)cc1. The van der Waals surface area contributed by atoms with Crippen molar-refractivity contribution in [2.75, 3.05) is 0 Å². The fourth-order valence-electron chi connectivity index (χ4n) is 1.64. The topological polar surface area (TPSA) is 0 Å². The lowest BCUT2D eigenvalue weighted by Crippen LogP contribution is -2.69. The van der Waals surface area contributed by atoms with Crippen LogP contribution in [0.15, 0.2) is 24.3 Å². The highest BCUT2D eigenvalue weighted by atomic mass is 31.0. The van der Waals surface area contributed by atoms with E-state index < -0.39 is 41.4 Å². The highest BCUT2D eigenvalue weighted by molar-refractivity contribution is 7.27. The van der Waals surface area contributed by atoms with Crippen molar-refractivity contribution in [3.05, 3.63) is 29.8 Å². The van der Waals surface area contributed by atoms with Crippen molar-refractivity contribution in [3.8, 4) is 0 Å². The molecule has 0 spiro atoms. The largest absolute Gasteiger partial charge is 0.460 e. The fourth-order valence-corrected chi connectivity index (χ4v) is 1.84. The Morgan fingerprint density at radius 1 is 0.500 bits per heavy atom. The molecule has 0 aliphatic heterocycles. The molecule has 0 aliphatic carbocycles. The number of hydrogen-bond acceptors (Lipinski definition) is 0. The van der Waals surface area contributed by atoms with Gasteiger partial charge in [0.1, 0.15) is 0 Å². The van der Waals surface area contributed by atoms with Gasteiger partial charge in [-0.25, -0.2) is 0 Å². The van der Waals surface area contributed by atoms with E-state index in [1.165, 1.54) is 0 Å². The first kappa shape index (κ1) is 22.8. The van der Waals surface area contributed by atoms with Gasteiger partial charge in [0.05, 0.1) is 0 Å². The summed E-state index contributed by atoms with van der Waals surface area (Å²) < 4.78 is 168. The third-order valence-corrected chi connectivity index (χ3v) is 3.59. The van der Waals surface area contributed by atoms with Crippen LogP contribution in [-0.4, -0.2) is 29.9 Å². The summed E-state index contributed by atoms with van der Waals surface area (Å²) in [7, 11) is 1.87. The quantitative estimate of drug-likeness (QED) is 0.437. The number of hydrogen-bond donors (Lipinski definition) is 0. The minimum absolute atomic E-state index is 0.0635. The molecule has 1 atom stereocenters. The molecule has 0 N–H and O–H groups in total. The Labute approximate surface area is 138 Å². The zero-order chi connectivity index (χ0) is 21.0. The van der Waals surface area contributed by atoms with Gasteiger partial charge in [0.25, 0.3) is 0 Å². The molecule has 0 radical (unpaired) electrons. The van der Waals surface area contributed by atoms with E-state index in [1.807, 2.05) is 9.24 Å². The second kappa shape index (κ2) is 6.13. The lowest BCUT2D eigenvalue weighted by atomic mass is 9.90. The molecule has 1 unspecified atom stereocenters. The van der Waals surface area contributed by atoms with Crippen LogP contribution in [0.25, 0.3) is 0 Å². The van der Waals surface area contributed by atoms with Crippen molar-refractivity contribution in [3.63, 3.8) is 0 Å². The van der Waals surface area contributed by atoms with Crippen LogP contribution in [0.5, 0.6) is 0 Å². The summed E-state index contributed by atoms with van der Waals surface area (Å²) in [6, 6.07) is 1.47. The van der Waals surface area contributed by atoms with Crippen molar-refractivity contribution >= 4 is 14.5 Å². The smallest absolute Gasteiger partial charge is 0.194 e. The molecule has 0 aliphatic rings. The second-order valence-corrected chi connectivity index (χ2v) is 5.66. The number of rotatable bonds is 5. The van der Waals surface area contributed by atoms with Gasteiger partial charge in [-0.3, -0.25) is 0 Å². The van der Waals surface area contributed by atoms with Gasteiger partial charge in [0.2, 0.25) is 0 Å². The van der Waals surface area contributed by atoms with Crippen LogP contribution >= 0.6 is 9.24 Å². The molecule has 1 aromatic carbocycles. The normalized spacial score (nSPS) is 15.3. The molecule has 26 heavy (non-hydrogen) atoms. The summed E-state index contributed by atoms with van der Waals surface area (Å²) >= 11 is 0. The zero-order valence-corrected chi connectivity index (χ0v) is 13.0. The van der Waals surface area contributed by atoms with Gasteiger partial charge in [-0.05, 0) is 5.30 Å². The minimum atomic E-state index is -7.88. The Bertz CT molecular complexity index is 644. The summed E-state index contributed by atoms with van der Waals surface area (Å²) in [6.45, 7) is 0. The molecule has 0 aromatic heterocycles. The average molecular weight is 428 g/mol. The van der Waals surface area contributed by atoms with Crippen LogP contribution in [0.1, 0.15) is 5.56 Å². The Morgan fingerprint density at radius 2 is 0.846 bits per heavy atom. The summed E-state index contributed by atoms with van der Waals surface area (Å²) in [5.41, 5.74) is -2.00. The molecule has 1 aromatic rings. The first-order chi connectivity index (χ1) is 11.2. The van der Waals surface area contributed by atoms with Crippen molar-refractivity contribution in [1.82, 2.24) is 0 Å². The minimum Gasteiger partial charge on any atom is -0.194 e. The van der Waals surface area contributed by atoms with Crippen LogP contribution in [0, 0.1) is 0 Å². The van der Waals surface area contributed by atoms with E-state index in [1.54, 1.807) is 0 Å². The predicted octanol–water partition coefficient (Wildman–Crippen LogP) is 5.38. The Hall–Kier alpha value is -1.26. The maximum atomic E-state index is 13.7. The van der Waals surface area contributed by atoms with Gasteiger partial charge >= 0.3 is 35.8 Å². The van der Waals surface area contributed by atoms with Crippen molar-refractivity contribution in [1.29, 1.82) is 0 Å². The highest BCUT2D eigenvalue weighted by Crippen LogP contribution is 2.61. The van der Waals surface area contributed by atoms with Gasteiger partial charge in [0.15, 0.2) is 0 Å². The number of halogens is 13. The van der Waals surface area contributed by atoms with Gasteiger partial charge < -0.3 is 0 Å². The van der Waals surface area contributed by atoms with Crippen LogP contribution in [-0.2, 0) is 5.92 Å². The van der Waals surface area contributed by atoms with E-state index >= 15 is 0 Å². The predicted molar refractivity (Wildman–Crippen MR) is 65.5 cm³/mol. The van der Waals surface area contributed by atoms with E-state index in [0.717, 1.165) is 0 Å². The summed E-state index contributed by atoms with van der Waals surface area (Å²) in [5.74, 6) is -36.9. The Kier molecular flexibility index (Phi) is 5.37. The second-order valence-electron chi connectivity index (χ2n) is 4.99. The molecule has 0 amide bonds. The number of benzene rings is 1. The van der Waals surface area contributed by atoms with E-state index in [-0.39, 0.29) is 17.4 Å². The van der Waals surface area contributed by atoms with Crippen LogP contribution in [0.2, 0.25) is 0 Å². The molecule has 0 bridgehead atoms. The van der Waals surface area contributed by atoms with Gasteiger partial charge in [0, 0.05) is 5.56 Å². The lowest BCUT2D eigenvalue weighted by molar-refractivity contribution is -0.441. The maximum Gasteiger partial charge on any atom is 0.460 e. The van der Waals surface area contributed by atoms with E-state index in [4.69, 9.17) is 0 Å². The highest BCUT2D eigenvalue weighted by Gasteiger charge is 2.90. The first-order valence-electron chi connectivity index (χ1n) is 6.07. The van der Waals surface area contributed by atoms with E-state index in [0.29, 0.717) is 12.1 Å². The van der Waals surface area contributed by atoms with Crippen LogP contribution in [0.3, 0.4) is 0 Å². The van der Waals surface area contributed by atoms with Gasteiger partial charge in [-0.15, -0.1) is 9.24 Å². The summed E-state index contributed by atoms with van der Waals surface area (Å²) in [5, 5.41) is 0.0635. The maximum absolute atomic E-state index is 13.7. The molecule has 0 nitrogen and oxygen atoms in total. The molecule has 1 rings (SSSR count). The van der Waals surface area contributed by atoms with Gasteiger partial charge in [-0.2, -0.15) is 57.1 Å². The Balaban J connectivity index is 3.55. The molecule has 14 heteroatoms. The third kappa shape index (κ3) is 3.01. The van der Waals surface area contributed by atoms with Crippen LogP contribution < -0.4 is 5.30 Å². The lowest BCUT2D eigenvalue weighted by Gasteiger charge is -2.39. The van der Waals surface area contributed by atoms with E-state index in [9.17, 15) is 57.1 Å². The number of alkyl halides is 13. The molecular formula is C12H6F13P. The Morgan fingerprint density at radius 3 is 1.19 bits per heavy atom. The average Bonchev–Trinajstić information content (AvgIpc) is 2.45. The standard InChI is InChI=1S/C12H6F13P/c13-7(14,5-1-3-6(26)4-2-5)8(15,16)9(17,18)10(19,20)11(21,22)12(23,24)25/h1-4H,26H2. The van der Waals surface area contributed by atoms with E-state index in [2.05, 4.69) is 0 Å². The molecule has 0 saturated heterocycles. The molecule has 150 valence electrons. The molecule has 0 fully saturated rings. The zero-order valence-electron chi connectivity index (χ0n) is 11.8.